The Morgan fingerprint density at radius 1 is 1.33 bits per heavy atom. The molecule has 0 saturated carbocycles. The maximum Gasteiger partial charge on any atom is 0.191 e. The van der Waals surface area contributed by atoms with Gasteiger partial charge in [0.15, 0.2) is 11.8 Å². The molecule has 2 aromatic rings. The van der Waals surface area contributed by atoms with Gasteiger partial charge in [0.05, 0.1) is 6.10 Å². The molecule has 30 heavy (non-hydrogen) atoms. The first-order valence-corrected chi connectivity index (χ1v) is 11.7. The van der Waals surface area contributed by atoms with E-state index >= 15 is 0 Å². The van der Waals surface area contributed by atoms with Crippen LogP contribution in [0.2, 0.25) is 0 Å². The summed E-state index contributed by atoms with van der Waals surface area (Å²) in [7, 11) is 1.98. The SMILES string of the molecule is Cc1nnc(CN=C(NCCc2cccs2)NCC2CCCOC2C(C)(C)C)n1C. The quantitative estimate of drug-likeness (QED) is 0.519. The van der Waals surface area contributed by atoms with Crippen LogP contribution in [0.1, 0.15) is 50.1 Å². The van der Waals surface area contributed by atoms with Gasteiger partial charge in [0.1, 0.15) is 12.4 Å². The van der Waals surface area contributed by atoms with Crippen LogP contribution in [-0.2, 0) is 24.8 Å². The number of nitrogens with one attached hydrogen (secondary N) is 2. The molecule has 1 aliphatic heterocycles. The third kappa shape index (κ3) is 6.28. The lowest BCUT2D eigenvalue weighted by atomic mass is 9.78. The van der Waals surface area contributed by atoms with E-state index in [9.17, 15) is 0 Å². The molecule has 1 fully saturated rings. The molecule has 7 nitrogen and oxygen atoms in total. The summed E-state index contributed by atoms with van der Waals surface area (Å²) in [5, 5.41) is 17.6. The van der Waals surface area contributed by atoms with Crippen LogP contribution in [0.25, 0.3) is 0 Å². The van der Waals surface area contributed by atoms with Crippen LogP contribution in [-0.4, -0.2) is 46.5 Å². The van der Waals surface area contributed by atoms with Gasteiger partial charge in [0.25, 0.3) is 0 Å². The fourth-order valence-electron chi connectivity index (χ4n) is 3.91. The van der Waals surface area contributed by atoms with Crippen LogP contribution >= 0.6 is 11.3 Å². The van der Waals surface area contributed by atoms with Crippen LogP contribution in [0.4, 0.5) is 0 Å². The van der Waals surface area contributed by atoms with E-state index in [1.54, 1.807) is 11.3 Å². The van der Waals surface area contributed by atoms with Gasteiger partial charge in [-0.05, 0) is 43.0 Å². The molecule has 0 spiro atoms. The summed E-state index contributed by atoms with van der Waals surface area (Å²) < 4.78 is 8.13. The van der Waals surface area contributed by atoms with Crippen LogP contribution in [0.3, 0.4) is 0 Å². The van der Waals surface area contributed by atoms with Gasteiger partial charge in [0.2, 0.25) is 0 Å². The topological polar surface area (TPSA) is 76.4 Å². The lowest BCUT2D eigenvalue weighted by Gasteiger charge is -2.40. The number of hydrogen-bond acceptors (Lipinski definition) is 5. The highest BCUT2D eigenvalue weighted by molar-refractivity contribution is 7.09. The van der Waals surface area contributed by atoms with Crippen molar-refractivity contribution in [2.24, 2.45) is 23.4 Å². The molecular formula is C22H36N6OS. The first kappa shape index (κ1) is 22.7. The van der Waals surface area contributed by atoms with Crippen molar-refractivity contribution in [1.82, 2.24) is 25.4 Å². The summed E-state index contributed by atoms with van der Waals surface area (Å²) in [5.74, 6) is 3.05. The number of nitrogens with zero attached hydrogens (tertiary/aromatic N) is 4. The second kappa shape index (κ2) is 10.4. The third-order valence-electron chi connectivity index (χ3n) is 5.64. The highest BCUT2D eigenvalue weighted by Crippen LogP contribution is 2.33. The molecule has 1 aliphatic rings. The van der Waals surface area contributed by atoms with Crippen LogP contribution in [0.5, 0.6) is 0 Å². The summed E-state index contributed by atoms with van der Waals surface area (Å²) in [5.41, 5.74) is 0.132. The zero-order valence-corrected chi connectivity index (χ0v) is 19.8. The number of aryl methyl sites for hydroxylation is 1. The van der Waals surface area contributed by atoms with Crippen molar-refractivity contribution in [3.63, 3.8) is 0 Å². The van der Waals surface area contributed by atoms with Crippen molar-refractivity contribution in [1.29, 1.82) is 0 Å². The van der Waals surface area contributed by atoms with E-state index in [2.05, 4.69) is 59.1 Å². The van der Waals surface area contributed by atoms with E-state index in [0.717, 1.165) is 50.1 Å². The van der Waals surface area contributed by atoms with E-state index in [0.29, 0.717) is 12.5 Å². The number of hydrogen-bond donors (Lipinski definition) is 2. The second-order valence-electron chi connectivity index (χ2n) is 9.08. The first-order chi connectivity index (χ1) is 14.3. The summed E-state index contributed by atoms with van der Waals surface area (Å²) in [6.07, 6.45) is 3.54. The zero-order valence-electron chi connectivity index (χ0n) is 18.9. The molecule has 3 heterocycles. The van der Waals surface area contributed by atoms with Gasteiger partial charge < -0.3 is 19.9 Å². The molecule has 3 rings (SSSR count). The second-order valence-corrected chi connectivity index (χ2v) is 10.1. The average molecular weight is 433 g/mol. The molecule has 1 saturated heterocycles. The normalized spacial score (nSPS) is 20.4. The Bertz CT molecular complexity index is 808. The van der Waals surface area contributed by atoms with E-state index < -0.39 is 0 Å². The number of guanidine groups is 1. The molecule has 166 valence electrons. The Balaban J connectivity index is 1.63. The van der Waals surface area contributed by atoms with Gasteiger partial charge in [-0.25, -0.2) is 4.99 Å². The van der Waals surface area contributed by atoms with Gasteiger partial charge >= 0.3 is 0 Å². The minimum Gasteiger partial charge on any atom is -0.377 e. The molecule has 2 aromatic heterocycles. The molecule has 0 aromatic carbocycles. The highest BCUT2D eigenvalue weighted by atomic mass is 32.1. The summed E-state index contributed by atoms with van der Waals surface area (Å²) in [6.45, 7) is 11.8. The third-order valence-corrected chi connectivity index (χ3v) is 6.57. The molecule has 0 aliphatic carbocycles. The van der Waals surface area contributed by atoms with E-state index in [1.165, 1.54) is 11.3 Å². The van der Waals surface area contributed by atoms with Crippen molar-refractivity contribution in [2.45, 2.75) is 59.6 Å². The molecular weight excluding hydrogens is 396 g/mol. The fraction of sp³-hybridized carbons (Fsp3) is 0.682. The van der Waals surface area contributed by atoms with Gasteiger partial charge in [-0.15, -0.1) is 21.5 Å². The maximum atomic E-state index is 6.14. The largest absolute Gasteiger partial charge is 0.377 e. The zero-order chi connectivity index (χ0) is 21.6. The molecule has 2 unspecified atom stereocenters. The number of ether oxygens (including phenoxy) is 1. The summed E-state index contributed by atoms with van der Waals surface area (Å²) >= 11 is 1.79. The molecule has 0 radical (unpaired) electrons. The van der Waals surface area contributed by atoms with Crippen LogP contribution in [0, 0.1) is 18.3 Å². The molecule has 2 N–H and O–H groups in total. The highest BCUT2D eigenvalue weighted by Gasteiger charge is 2.35. The number of rotatable bonds is 7. The summed E-state index contributed by atoms with van der Waals surface area (Å²) in [4.78, 5) is 6.17. The molecule has 0 bridgehead atoms. The fourth-order valence-corrected chi connectivity index (χ4v) is 4.62. The van der Waals surface area contributed by atoms with Gasteiger partial charge in [0, 0.05) is 37.5 Å². The average Bonchev–Trinajstić information content (AvgIpc) is 3.34. The predicted molar refractivity (Wildman–Crippen MR) is 123 cm³/mol. The Hall–Kier alpha value is -1.93. The predicted octanol–water partition coefficient (Wildman–Crippen LogP) is 3.30. The Kier molecular flexibility index (Phi) is 7.88. The lowest BCUT2D eigenvalue weighted by Crippen LogP contribution is -2.47. The standard InChI is InChI=1S/C22H36N6OS/c1-16-26-27-19(28(16)5)15-25-21(23-11-10-18-9-7-13-30-18)24-14-17-8-6-12-29-20(17)22(2,3)4/h7,9,13,17,20H,6,8,10-12,14-15H2,1-5H3,(H2,23,24,25). The Morgan fingerprint density at radius 3 is 2.83 bits per heavy atom. The summed E-state index contributed by atoms with van der Waals surface area (Å²) in [6, 6.07) is 4.27. The minimum absolute atomic E-state index is 0.132. The van der Waals surface area contributed by atoms with Crippen molar-refractivity contribution < 1.29 is 4.74 Å². The van der Waals surface area contributed by atoms with Gasteiger partial charge in [-0.1, -0.05) is 26.8 Å². The number of thiophene rings is 1. The van der Waals surface area contributed by atoms with Crippen molar-refractivity contribution in [3.05, 3.63) is 34.0 Å². The Morgan fingerprint density at radius 2 is 2.17 bits per heavy atom. The molecule has 0 amide bonds. The van der Waals surface area contributed by atoms with Crippen LogP contribution < -0.4 is 10.6 Å². The van der Waals surface area contributed by atoms with E-state index in [-0.39, 0.29) is 11.5 Å². The van der Waals surface area contributed by atoms with Gasteiger partial charge in [-0.2, -0.15) is 0 Å². The minimum atomic E-state index is 0.132. The smallest absolute Gasteiger partial charge is 0.191 e. The molecule has 2 atom stereocenters. The van der Waals surface area contributed by atoms with Crippen molar-refractivity contribution in [3.8, 4) is 0 Å². The molecule has 8 heteroatoms. The number of aromatic nitrogens is 3. The maximum absolute atomic E-state index is 6.14. The lowest BCUT2D eigenvalue weighted by molar-refractivity contribution is -0.0835. The van der Waals surface area contributed by atoms with E-state index in [1.807, 2.05) is 18.5 Å². The van der Waals surface area contributed by atoms with Gasteiger partial charge in [-0.3, -0.25) is 0 Å². The van der Waals surface area contributed by atoms with Crippen LogP contribution in [0.15, 0.2) is 22.5 Å². The first-order valence-electron chi connectivity index (χ1n) is 10.9. The number of aliphatic imine (C=N–C) groups is 1. The Labute approximate surface area is 184 Å². The van der Waals surface area contributed by atoms with Crippen molar-refractivity contribution >= 4 is 17.3 Å². The van der Waals surface area contributed by atoms with Crippen molar-refractivity contribution in [2.75, 3.05) is 19.7 Å². The monoisotopic (exact) mass is 432 g/mol. The van der Waals surface area contributed by atoms with E-state index in [4.69, 9.17) is 9.73 Å².